The van der Waals surface area contributed by atoms with Gasteiger partial charge >= 0.3 is 0 Å². The van der Waals surface area contributed by atoms with E-state index in [1.54, 1.807) is 0 Å². The molecule has 1 radical (unpaired) electrons. The normalized spacial score (nSPS) is 11.3. The molecule has 0 aliphatic rings. The van der Waals surface area contributed by atoms with Crippen molar-refractivity contribution in [2.45, 2.75) is 20.8 Å². The van der Waals surface area contributed by atoms with Crippen LogP contribution in [-0.2, 0) is 20.1 Å². The monoisotopic (exact) mass is 519 g/mol. The summed E-state index contributed by atoms with van der Waals surface area (Å²) in [6.07, 6.45) is 1.88. The molecule has 0 fully saturated rings. The zero-order valence-electron chi connectivity index (χ0n) is 14.6. The van der Waals surface area contributed by atoms with Gasteiger partial charge in [0.25, 0.3) is 0 Å². The molecule has 3 aromatic carbocycles. The van der Waals surface area contributed by atoms with Gasteiger partial charge in [0.1, 0.15) is 5.58 Å². The Bertz CT molecular complexity index is 1260. The number of hydrogen-bond donors (Lipinski definition) is 0. The van der Waals surface area contributed by atoms with Crippen molar-refractivity contribution < 1.29 is 24.5 Å². The van der Waals surface area contributed by atoms with Gasteiger partial charge in [-0.15, -0.1) is 29.7 Å². The number of benzene rings is 3. The third-order valence-corrected chi connectivity index (χ3v) is 4.75. The van der Waals surface area contributed by atoms with Crippen LogP contribution in [0.3, 0.4) is 0 Å². The zero-order chi connectivity index (χ0) is 17.1. The Morgan fingerprint density at radius 3 is 2.54 bits per heavy atom. The van der Waals surface area contributed by atoms with E-state index in [0.29, 0.717) is 5.89 Å². The third-order valence-electron chi connectivity index (χ3n) is 4.75. The van der Waals surface area contributed by atoms with Crippen LogP contribution in [0.15, 0.2) is 47.1 Å². The first-order valence-corrected chi connectivity index (χ1v) is 8.28. The molecule has 0 amide bonds. The van der Waals surface area contributed by atoms with Crippen molar-refractivity contribution in [2.75, 3.05) is 0 Å². The summed E-state index contributed by atoms with van der Waals surface area (Å²) in [5, 5.41) is 2.00. The van der Waals surface area contributed by atoms with Gasteiger partial charge in [-0.25, -0.2) is 4.98 Å². The van der Waals surface area contributed by atoms with E-state index >= 15 is 0 Å². The van der Waals surface area contributed by atoms with Gasteiger partial charge in [0, 0.05) is 32.5 Å². The number of oxazole rings is 1. The van der Waals surface area contributed by atoms with Gasteiger partial charge < -0.3 is 4.42 Å². The van der Waals surface area contributed by atoms with Crippen LogP contribution < -0.4 is 0 Å². The fourth-order valence-corrected chi connectivity index (χ4v) is 3.70. The van der Waals surface area contributed by atoms with Gasteiger partial charge in [-0.1, -0.05) is 23.6 Å². The minimum Gasteiger partial charge on any atom is -0.449 e. The molecule has 0 aliphatic heterocycles. The Kier molecular flexibility index (Phi) is 3.94. The summed E-state index contributed by atoms with van der Waals surface area (Å²) in [4.78, 5) is 9.33. The number of imidazole rings is 1. The van der Waals surface area contributed by atoms with Crippen LogP contribution in [0.4, 0.5) is 0 Å². The second-order valence-corrected chi connectivity index (χ2v) is 6.42. The first kappa shape index (κ1) is 16.9. The van der Waals surface area contributed by atoms with Crippen LogP contribution in [0.1, 0.15) is 17.0 Å². The summed E-state index contributed by atoms with van der Waals surface area (Å²) < 4.78 is 8.12. The first-order valence-electron chi connectivity index (χ1n) is 8.28. The van der Waals surface area contributed by atoms with E-state index in [2.05, 4.69) is 53.7 Å². The van der Waals surface area contributed by atoms with E-state index in [-0.39, 0.29) is 20.1 Å². The van der Waals surface area contributed by atoms with Gasteiger partial charge in [-0.3, -0.25) is 9.55 Å². The number of rotatable bonds is 1. The third kappa shape index (κ3) is 2.24. The van der Waals surface area contributed by atoms with Crippen molar-refractivity contribution in [1.82, 2.24) is 14.5 Å². The Morgan fingerprint density at radius 2 is 1.77 bits per heavy atom. The quantitative estimate of drug-likeness (QED) is 0.292. The van der Waals surface area contributed by atoms with Gasteiger partial charge in [0.05, 0.1) is 23.0 Å². The molecule has 0 atom stereocenters. The van der Waals surface area contributed by atoms with Gasteiger partial charge in [0.2, 0.25) is 0 Å². The SMILES string of the molecule is Cc1nc2c3[c-]cccc3c3ncn(-c4c(C)cccc4C)c3c2o1.[Ir]. The number of fused-ring (bicyclic) bond motifs is 6. The molecule has 0 aliphatic carbocycles. The summed E-state index contributed by atoms with van der Waals surface area (Å²) in [5.41, 5.74) is 7.01. The molecule has 0 unspecified atom stereocenters. The maximum atomic E-state index is 6.00. The summed E-state index contributed by atoms with van der Waals surface area (Å²) in [6.45, 7) is 6.11. The van der Waals surface area contributed by atoms with Gasteiger partial charge in [-0.2, -0.15) is 0 Å². The first-order chi connectivity index (χ1) is 12.1. The number of aryl methyl sites for hydroxylation is 3. The molecule has 5 heteroatoms. The van der Waals surface area contributed by atoms with Crippen molar-refractivity contribution in [2.24, 2.45) is 0 Å². The van der Waals surface area contributed by atoms with E-state index in [0.717, 1.165) is 38.6 Å². The molecule has 0 bridgehead atoms. The molecule has 5 rings (SSSR count). The molecular formula is C21H16IrN3O-. The standard InChI is InChI=1S/C21H16N3O.Ir/c1-12-7-6-8-13(2)19(12)24-11-22-17-15-9-4-5-10-16(15)18-21(20(17)24)25-14(3)23-18;/h4-9,11H,1-3H3;/q-1;. The molecule has 4 nitrogen and oxygen atoms in total. The number of nitrogens with zero attached hydrogens (tertiary/aromatic N) is 3. The van der Waals surface area contributed by atoms with Crippen LogP contribution in [-0.4, -0.2) is 14.5 Å². The smallest absolute Gasteiger partial charge is 0.181 e. The predicted octanol–water partition coefficient (Wildman–Crippen LogP) is 5.04. The molecule has 0 N–H and O–H groups in total. The average molecular weight is 519 g/mol. The molecule has 5 aromatic rings. The van der Waals surface area contributed by atoms with E-state index in [9.17, 15) is 0 Å². The zero-order valence-corrected chi connectivity index (χ0v) is 17.0. The second kappa shape index (κ2) is 6.04. The number of aromatic nitrogens is 3. The molecule has 0 spiro atoms. The Morgan fingerprint density at radius 1 is 1.00 bits per heavy atom. The van der Waals surface area contributed by atoms with Crippen molar-refractivity contribution in [1.29, 1.82) is 0 Å². The predicted molar refractivity (Wildman–Crippen MR) is 99.2 cm³/mol. The molecule has 0 saturated carbocycles. The van der Waals surface area contributed by atoms with E-state index in [4.69, 9.17) is 9.40 Å². The van der Waals surface area contributed by atoms with Crippen molar-refractivity contribution >= 4 is 32.9 Å². The van der Waals surface area contributed by atoms with Crippen LogP contribution in [0, 0.1) is 26.8 Å². The maximum Gasteiger partial charge on any atom is 0.181 e. The minimum absolute atomic E-state index is 0. The fraction of sp³-hybridized carbons (Fsp3) is 0.143. The summed E-state index contributed by atoms with van der Waals surface area (Å²) in [5.74, 6) is 0.648. The molecule has 131 valence electrons. The Labute approximate surface area is 164 Å². The molecular weight excluding hydrogens is 502 g/mol. The largest absolute Gasteiger partial charge is 0.449 e. The Hall–Kier alpha value is -2.49. The van der Waals surface area contributed by atoms with Crippen LogP contribution >= 0.6 is 0 Å². The van der Waals surface area contributed by atoms with Crippen molar-refractivity contribution in [3.05, 3.63) is 65.8 Å². The molecule has 26 heavy (non-hydrogen) atoms. The number of para-hydroxylation sites is 1. The van der Waals surface area contributed by atoms with E-state index < -0.39 is 0 Å². The average Bonchev–Trinajstić information content (AvgIpc) is 3.19. The number of hydrogen-bond acceptors (Lipinski definition) is 3. The van der Waals surface area contributed by atoms with E-state index in [1.165, 1.54) is 11.1 Å². The molecule has 2 heterocycles. The summed E-state index contributed by atoms with van der Waals surface area (Å²) in [7, 11) is 0. The minimum atomic E-state index is 0. The van der Waals surface area contributed by atoms with Gasteiger partial charge in [-0.05, 0) is 25.0 Å². The van der Waals surface area contributed by atoms with Crippen molar-refractivity contribution in [3.8, 4) is 5.69 Å². The second-order valence-electron chi connectivity index (χ2n) is 6.42. The molecule has 2 aromatic heterocycles. The van der Waals surface area contributed by atoms with E-state index in [1.807, 2.05) is 25.4 Å². The Balaban J connectivity index is 0.00000168. The van der Waals surface area contributed by atoms with Gasteiger partial charge in [0.15, 0.2) is 5.89 Å². The topological polar surface area (TPSA) is 43.9 Å². The van der Waals surface area contributed by atoms with Crippen molar-refractivity contribution in [3.63, 3.8) is 0 Å². The fourth-order valence-electron chi connectivity index (χ4n) is 3.70. The maximum absolute atomic E-state index is 6.00. The summed E-state index contributed by atoms with van der Waals surface area (Å²) in [6, 6.07) is 15.6. The molecule has 0 saturated heterocycles. The van der Waals surface area contributed by atoms with Crippen LogP contribution in [0.5, 0.6) is 0 Å². The van der Waals surface area contributed by atoms with Crippen LogP contribution in [0.25, 0.3) is 38.6 Å². The summed E-state index contributed by atoms with van der Waals surface area (Å²) >= 11 is 0. The van der Waals surface area contributed by atoms with Crippen LogP contribution in [0.2, 0.25) is 0 Å².